The van der Waals surface area contributed by atoms with Gasteiger partial charge in [-0.15, -0.1) is 0 Å². The fourth-order valence-corrected chi connectivity index (χ4v) is 4.39. The van der Waals surface area contributed by atoms with Gasteiger partial charge in [-0.2, -0.15) is 0 Å². The summed E-state index contributed by atoms with van der Waals surface area (Å²) in [5, 5.41) is 3.19. The number of fused-ring (bicyclic) bond motifs is 1. The smallest absolute Gasteiger partial charge is 0.251 e. The number of benzene rings is 2. The van der Waals surface area contributed by atoms with Crippen molar-refractivity contribution in [2.24, 2.45) is 0 Å². The highest BCUT2D eigenvalue weighted by molar-refractivity contribution is 5.94. The monoisotopic (exact) mass is 425 g/mol. The number of quaternary nitrogens is 2. The van der Waals surface area contributed by atoms with E-state index in [1.54, 1.807) is 4.90 Å². The number of carbonyl (C=O) groups is 1. The molecule has 0 spiro atoms. The molecule has 31 heavy (non-hydrogen) atoms. The molecule has 2 heterocycles. The Balaban J connectivity index is 1.49. The molecule has 1 saturated heterocycles. The van der Waals surface area contributed by atoms with Crippen LogP contribution in [0.15, 0.2) is 42.5 Å². The summed E-state index contributed by atoms with van der Waals surface area (Å²) < 4.78 is 11.1. The van der Waals surface area contributed by atoms with Gasteiger partial charge in [-0.1, -0.05) is 32.9 Å². The van der Waals surface area contributed by atoms with Gasteiger partial charge >= 0.3 is 0 Å². The van der Waals surface area contributed by atoms with Gasteiger partial charge in [-0.05, 0) is 41.3 Å². The zero-order valence-corrected chi connectivity index (χ0v) is 19.1. The molecule has 4 rings (SSSR count). The van der Waals surface area contributed by atoms with Crippen molar-refractivity contribution in [1.29, 1.82) is 0 Å². The van der Waals surface area contributed by atoms with Crippen LogP contribution in [-0.2, 0) is 5.41 Å². The molecule has 0 aromatic heterocycles. The zero-order chi connectivity index (χ0) is 22.0. The van der Waals surface area contributed by atoms with E-state index in [0.29, 0.717) is 12.1 Å². The third-order valence-electron chi connectivity index (χ3n) is 6.52. The highest BCUT2D eigenvalue weighted by Crippen LogP contribution is 2.33. The van der Waals surface area contributed by atoms with E-state index in [2.05, 4.69) is 57.4 Å². The Labute approximate surface area is 185 Å². The van der Waals surface area contributed by atoms with Crippen LogP contribution in [0.2, 0.25) is 0 Å². The van der Waals surface area contributed by atoms with Crippen molar-refractivity contribution in [3.8, 4) is 11.5 Å². The molecule has 0 bridgehead atoms. The van der Waals surface area contributed by atoms with Gasteiger partial charge < -0.3 is 24.6 Å². The van der Waals surface area contributed by atoms with E-state index in [-0.39, 0.29) is 24.2 Å². The van der Waals surface area contributed by atoms with Gasteiger partial charge in [0.2, 0.25) is 6.79 Å². The second-order valence-corrected chi connectivity index (χ2v) is 9.82. The van der Waals surface area contributed by atoms with Crippen molar-refractivity contribution < 1.29 is 24.1 Å². The van der Waals surface area contributed by atoms with Crippen molar-refractivity contribution in [2.75, 3.05) is 46.6 Å². The Morgan fingerprint density at radius 1 is 1.00 bits per heavy atom. The lowest BCUT2D eigenvalue weighted by Gasteiger charge is -2.33. The number of hydrogen-bond donors (Lipinski definition) is 3. The van der Waals surface area contributed by atoms with Crippen molar-refractivity contribution in [2.45, 2.75) is 32.2 Å². The molecule has 6 heteroatoms. The number of likely N-dealkylation sites (N-methyl/N-ethyl adjacent to an activating group) is 1. The molecule has 2 aliphatic heterocycles. The van der Waals surface area contributed by atoms with Crippen molar-refractivity contribution in [1.82, 2.24) is 5.32 Å². The van der Waals surface area contributed by atoms with Crippen LogP contribution in [0.4, 0.5) is 0 Å². The highest BCUT2D eigenvalue weighted by atomic mass is 16.7. The Morgan fingerprint density at radius 2 is 1.68 bits per heavy atom. The van der Waals surface area contributed by atoms with Gasteiger partial charge in [0.1, 0.15) is 32.2 Å². The summed E-state index contributed by atoms with van der Waals surface area (Å²) in [6, 6.07) is 14.3. The van der Waals surface area contributed by atoms with E-state index in [4.69, 9.17) is 9.47 Å². The first-order valence-corrected chi connectivity index (χ1v) is 11.3. The minimum atomic E-state index is -0.0228. The first-order valence-electron chi connectivity index (χ1n) is 11.3. The predicted octanol–water partition coefficient (Wildman–Crippen LogP) is 0.597. The van der Waals surface area contributed by atoms with Gasteiger partial charge in [0.05, 0.1) is 13.6 Å². The maximum Gasteiger partial charge on any atom is 0.251 e. The van der Waals surface area contributed by atoms with Crippen LogP contribution in [0.25, 0.3) is 0 Å². The molecule has 1 amide bonds. The van der Waals surface area contributed by atoms with Crippen molar-refractivity contribution in [3.05, 3.63) is 59.2 Å². The molecule has 2 aromatic carbocycles. The van der Waals surface area contributed by atoms with Crippen LogP contribution >= 0.6 is 0 Å². The summed E-state index contributed by atoms with van der Waals surface area (Å²) in [4.78, 5) is 16.0. The summed E-state index contributed by atoms with van der Waals surface area (Å²) in [6.07, 6.45) is 0. The van der Waals surface area contributed by atoms with Gasteiger partial charge in [-0.25, -0.2) is 0 Å². The van der Waals surface area contributed by atoms with Crippen LogP contribution in [0.1, 0.15) is 48.3 Å². The van der Waals surface area contributed by atoms with E-state index in [0.717, 1.165) is 37.7 Å². The molecule has 6 nitrogen and oxygen atoms in total. The number of piperazine rings is 1. The lowest BCUT2D eigenvalue weighted by atomic mass is 9.87. The Kier molecular flexibility index (Phi) is 6.21. The third-order valence-corrected chi connectivity index (χ3v) is 6.52. The molecule has 1 atom stereocenters. The lowest BCUT2D eigenvalue weighted by molar-refractivity contribution is -1.02. The number of carbonyl (C=O) groups excluding carboxylic acids is 1. The normalized spacial score (nSPS) is 21.5. The first-order chi connectivity index (χ1) is 14.8. The summed E-state index contributed by atoms with van der Waals surface area (Å²) in [6.45, 7) is 11.8. The summed E-state index contributed by atoms with van der Waals surface area (Å²) >= 11 is 0. The minimum absolute atomic E-state index is 0.0228. The first kappa shape index (κ1) is 21.7. The van der Waals surface area contributed by atoms with Crippen molar-refractivity contribution >= 4 is 5.91 Å². The summed E-state index contributed by atoms with van der Waals surface area (Å²) in [7, 11) is 2.25. The molecule has 0 saturated carbocycles. The average molecular weight is 426 g/mol. The SMILES string of the molecule is C[NH+]1CC[NH+]([C@H](CNC(=O)c2ccc(C(C)(C)C)cc2)c2ccc3c(c2)OCO3)CC1. The van der Waals surface area contributed by atoms with Crippen LogP contribution in [-0.4, -0.2) is 52.5 Å². The second-order valence-electron chi connectivity index (χ2n) is 9.82. The summed E-state index contributed by atoms with van der Waals surface area (Å²) in [5.41, 5.74) is 3.19. The molecular formula is C25H35N3O3+2. The number of rotatable bonds is 5. The molecule has 166 valence electrons. The number of nitrogens with one attached hydrogen (secondary N) is 3. The molecule has 0 radical (unpaired) electrons. The number of amides is 1. The topological polar surface area (TPSA) is 56.4 Å². The predicted molar refractivity (Wildman–Crippen MR) is 120 cm³/mol. The van der Waals surface area contributed by atoms with E-state index in [1.807, 2.05) is 18.2 Å². The van der Waals surface area contributed by atoms with E-state index >= 15 is 0 Å². The molecular weight excluding hydrogens is 390 g/mol. The third kappa shape index (κ3) is 5.02. The van der Waals surface area contributed by atoms with Crippen LogP contribution < -0.4 is 24.6 Å². The van der Waals surface area contributed by atoms with E-state index < -0.39 is 0 Å². The average Bonchev–Trinajstić information content (AvgIpc) is 3.22. The number of ether oxygens (including phenoxy) is 2. The Bertz CT molecular complexity index is 913. The van der Waals surface area contributed by atoms with Gasteiger partial charge in [0, 0.05) is 11.1 Å². The summed E-state index contributed by atoms with van der Waals surface area (Å²) in [5.74, 6) is 1.57. The van der Waals surface area contributed by atoms with Crippen LogP contribution in [0, 0.1) is 0 Å². The molecule has 3 N–H and O–H groups in total. The molecule has 0 aliphatic carbocycles. The largest absolute Gasteiger partial charge is 0.454 e. The Morgan fingerprint density at radius 3 is 2.35 bits per heavy atom. The fraction of sp³-hybridized carbons (Fsp3) is 0.480. The van der Waals surface area contributed by atoms with Crippen LogP contribution in [0.3, 0.4) is 0 Å². The quantitative estimate of drug-likeness (QED) is 0.658. The molecule has 0 unspecified atom stereocenters. The lowest BCUT2D eigenvalue weighted by Crippen LogP contribution is -3.27. The van der Waals surface area contributed by atoms with Gasteiger partial charge in [0.25, 0.3) is 5.91 Å². The molecule has 2 aliphatic rings. The highest BCUT2D eigenvalue weighted by Gasteiger charge is 2.31. The minimum Gasteiger partial charge on any atom is -0.454 e. The zero-order valence-electron chi connectivity index (χ0n) is 19.1. The molecule has 1 fully saturated rings. The maximum atomic E-state index is 12.9. The number of hydrogen-bond acceptors (Lipinski definition) is 3. The van der Waals surface area contributed by atoms with Crippen LogP contribution in [0.5, 0.6) is 11.5 Å². The van der Waals surface area contributed by atoms with E-state index in [1.165, 1.54) is 16.0 Å². The maximum absolute atomic E-state index is 12.9. The second kappa shape index (κ2) is 8.89. The van der Waals surface area contributed by atoms with Crippen molar-refractivity contribution in [3.63, 3.8) is 0 Å². The molecule has 2 aromatic rings. The van der Waals surface area contributed by atoms with Gasteiger partial charge in [-0.3, -0.25) is 4.79 Å². The standard InChI is InChI=1S/C25H33N3O3/c1-25(2,3)20-8-5-18(6-9-20)24(29)26-16-21(28-13-11-27(4)12-14-28)19-7-10-22-23(15-19)31-17-30-22/h5-10,15,21H,11-14,16-17H2,1-4H3,(H,26,29)/p+2/t21-/m1/s1. The fourth-order valence-electron chi connectivity index (χ4n) is 4.39. The van der Waals surface area contributed by atoms with Gasteiger partial charge in [0.15, 0.2) is 11.5 Å². The Hall–Kier alpha value is -2.57. The van der Waals surface area contributed by atoms with E-state index in [9.17, 15) is 4.79 Å².